The van der Waals surface area contributed by atoms with Crippen molar-refractivity contribution in [2.75, 3.05) is 13.1 Å². The first-order chi connectivity index (χ1) is 17.4. The Morgan fingerprint density at radius 3 is 2.78 bits per heavy atom. The highest BCUT2D eigenvalue weighted by Crippen LogP contribution is 2.46. The Balaban J connectivity index is 1.65. The molecule has 0 spiro atoms. The second-order valence-electron chi connectivity index (χ2n) is 9.88. The van der Waals surface area contributed by atoms with Crippen LogP contribution in [-0.4, -0.2) is 41.1 Å². The molecule has 0 radical (unpaired) electrons. The van der Waals surface area contributed by atoms with Gasteiger partial charge in [-0.15, -0.1) is 6.58 Å². The topological polar surface area (TPSA) is 40.0 Å². The number of dihydropyridines is 1. The van der Waals surface area contributed by atoms with Crippen LogP contribution >= 0.6 is 23.4 Å². The summed E-state index contributed by atoms with van der Waals surface area (Å²) in [4.78, 5) is 12.7. The molecule has 5 atom stereocenters. The average Bonchev–Trinajstić information content (AvgIpc) is 3.54. The van der Waals surface area contributed by atoms with Gasteiger partial charge >= 0.3 is 0 Å². The number of nitrogens with zero attached hydrogens (tertiary/aromatic N) is 3. The minimum Gasteiger partial charge on any atom is -0.372 e. The van der Waals surface area contributed by atoms with Crippen LogP contribution in [0.3, 0.4) is 0 Å². The van der Waals surface area contributed by atoms with Gasteiger partial charge < -0.3 is 10.2 Å². The SMILES string of the molecule is C=C[C@@H](C)[C@H]1CC2=C(C3=NCC(=CC(C)F)C=C3)[C@H](c3ccc(C)cc3Cl)N=C(C3NC=CS3)N2C1. The summed E-state index contributed by atoms with van der Waals surface area (Å²) in [6.45, 7) is 11.2. The fraction of sp³-hybridized carbons (Fsp3) is 0.379. The van der Waals surface area contributed by atoms with Crippen LogP contribution in [-0.2, 0) is 0 Å². The van der Waals surface area contributed by atoms with Crippen LogP contribution in [0.2, 0.25) is 5.02 Å². The van der Waals surface area contributed by atoms with Gasteiger partial charge in [-0.05, 0) is 72.4 Å². The summed E-state index contributed by atoms with van der Waals surface area (Å²) < 4.78 is 13.6. The van der Waals surface area contributed by atoms with E-state index in [1.807, 2.05) is 37.4 Å². The Bertz CT molecular complexity index is 1230. The third-order valence-electron chi connectivity index (χ3n) is 7.26. The summed E-state index contributed by atoms with van der Waals surface area (Å²) in [6.07, 6.45) is 9.58. The highest BCUT2D eigenvalue weighted by atomic mass is 35.5. The fourth-order valence-electron chi connectivity index (χ4n) is 5.27. The number of rotatable bonds is 6. The predicted octanol–water partition coefficient (Wildman–Crippen LogP) is 6.93. The zero-order chi connectivity index (χ0) is 25.4. The van der Waals surface area contributed by atoms with Crippen molar-refractivity contribution in [1.82, 2.24) is 10.2 Å². The van der Waals surface area contributed by atoms with Crippen molar-refractivity contribution >= 4 is 34.9 Å². The van der Waals surface area contributed by atoms with E-state index in [1.165, 1.54) is 5.70 Å². The van der Waals surface area contributed by atoms with Crippen LogP contribution in [0.1, 0.15) is 37.4 Å². The quantitative estimate of drug-likeness (QED) is 0.412. The smallest absolute Gasteiger partial charge is 0.138 e. The van der Waals surface area contributed by atoms with Crippen molar-refractivity contribution in [2.24, 2.45) is 21.8 Å². The molecule has 1 saturated heterocycles. The van der Waals surface area contributed by atoms with Crippen molar-refractivity contribution in [3.63, 3.8) is 0 Å². The highest BCUT2D eigenvalue weighted by Gasteiger charge is 2.43. The third-order valence-corrected chi connectivity index (χ3v) is 8.50. The van der Waals surface area contributed by atoms with Gasteiger partial charge in [0, 0.05) is 29.0 Å². The molecule has 7 heteroatoms. The average molecular weight is 523 g/mol. The van der Waals surface area contributed by atoms with E-state index in [9.17, 15) is 4.39 Å². The first-order valence-corrected chi connectivity index (χ1v) is 13.8. The number of thioether (sulfide) groups is 1. The Morgan fingerprint density at radius 2 is 2.14 bits per heavy atom. The molecular formula is C29H32ClFN4S. The molecule has 0 bridgehead atoms. The number of halogens is 2. The monoisotopic (exact) mass is 522 g/mol. The molecule has 4 heterocycles. The van der Waals surface area contributed by atoms with Crippen LogP contribution in [0, 0.1) is 18.8 Å². The van der Waals surface area contributed by atoms with Gasteiger partial charge in [0.1, 0.15) is 23.4 Å². The number of nitrogens with one attached hydrogen (secondary N) is 1. The maximum atomic E-state index is 13.6. The zero-order valence-electron chi connectivity index (χ0n) is 20.9. The van der Waals surface area contributed by atoms with Gasteiger partial charge in [0.25, 0.3) is 0 Å². The molecule has 1 fully saturated rings. The minimum absolute atomic E-state index is 0.0514. The van der Waals surface area contributed by atoms with E-state index in [-0.39, 0.29) is 11.4 Å². The molecule has 4 nitrogen and oxygen atoms in total. The lowest BCUT2D eigenvalue weighted by Gasteiger charge is -2.36. The number of aryl methyl sites for hydroxylation is 1. The lowest BCUT2D eigenvalue weighted by atomic mass is 9.87. The number of hydrogen-bond acceptors (Lipinski definition) is 5. The highest BCUT2D eigenvalue weighted by molar-refractivity contribution is 8.03. The molecule has 0 aliphatic carbocycles. The number of benzene rings is 1. The normalized spacial score (nSPS) is 28.1. The van der Waals surface area contributed by atoms with Crippen LogP contribution in [0.4, 0.5) is 4.39 Å². The van der Waals surface area contributed by atoms with E-state index < -0.39 is 6.17 Å². The van der Waals surface area contributed by atoms with Crippen LogP contribution in [0.15, 0.2) is 87.5 Å². The maximum absolute atomic E-state index is 13.6. The van der Waals surface area contributed by atoms with E-state index >= 15 is 0 Å². The minimum atomic E-state index is -0.999. The molecule has 2 unspecified atom stereocenters. The lowest BCUT2D eigenvalue weighted by Crippen LogP contribution is -2.43. The van der Waals surface area contributed by atoms with Crippen molar-refractivity contribution in [1.29, 1.82) is 0 Å². The third kappa shape index (κ3) is 4.85. The Morgan fingerprint density at radius 1 is 1.31 bits per heavy atom. The summed E-state index contributed by atoms with van der Waals surface area (Å²) >= 11 is 8.57. The molecule has 4 aliphatic rings. The molecule has 188 valence electrons. The van der Waals surface area contributed by atoms with Crippen LogP contribution < -0.4 is 5.32 Å². The van der Waals surface area contributed by atoms with Gasteiger partial charge in [-0.2, -0.15) is 0 Å². The van der Waals surface area contributed by atoms with Crippen molar-refractivity contribution in [3.8, 4) is 0 Å². The number of fused-ring (bicyclic) bond motifs is 1. The van der Waals surface area contributed by atoms with Gasteiger partial charge in [-0.1, -0.05) is 54.6 Å². The Hall–Kier alpha value is -2.57. The fourth-order valence-corrected chi connectivity index (χ4v) is 6.38. The second kappa shape index (κ2) is 10.4. The summed E-state index contributed by atoms with van der Waals surface area (Å²) in [5, 5.41) is 6.30. The van der Waals surface area contributed by atoms with E-state index in [2.05, 4.69) is 41.3 Å². The maximum Gasteiger partial charge on any atom is 0.138 e. The van der Waals surface area contributed by atoms with Gasteiger partial charge in [0.15, 0.2) is 0 Å². The first kappa shape index (κ1) is 25.1. The molecule has 0 aromatic heterocycles. The largest absolute Gasteiger partial charge is 0.372 e. The molecule has 36 heavy (non-hydrogen) atoms. The molecule has 1 N–H and O–H groups in total. The van der Waals surface area contributed by atoms with Gasteiger partial charge in [0.2, 0.25) is 0 Å². The predicted molar refractivity (Wildman–Crippen MR) is 151 cm³/mol. The zero-order valence-corrected chi connectivity index (χ0v) is 22.5. The summed E-state index contributed by atoms with van der Waals surface area (Å²) in [6, 6.07) is 5.92. The number of amidine groups is 1. The number of aliphatic imine (C=N–C) groups is 2. The second-order valence-corrected chi connectivity index (χ2v) is 11.3. The van der Waals surface area contributed by atoms with Crippen molar-refractivity contribution < 1.29 is 4.39 Å². The number of alkyl halides is 1. The van der Waals surface area contributed by atoms with Crippen molar-refractivity contribution in [3.05, 3.63) is 93.7 Å². The van der Waals surface area contributed by atoms with Crippen LogP contribution in [0.5, 0.6) is 0 Å². The molecular weight excluding hydrogens is 491 g/mol. The van der Waals surface area contributed by atoms with E-state index in [0.29, 0.717) is 23.4 Å². The first-order valence-electron chi connectivity index (χ1n) is 12.5. The van der Waals surface area contributed by atoms with Gasteiger partial charge in [0.05, 0.1) is 12.3 Å². The molecule has 0 saturated carbocycles. The number of hydrogen-bond donors (Lipinski definition) is 1. The molecule has 1 aromatic rings. The van der Waals surface area contributed by atoms with Crippen LogP contribution in [0.25, 0.3) is 0 Å². The van der Waals surface area contributed by atoms with Gasteiger partial charge in [-0.3, -0.25) is 9.98 Å². The molecule has 0 amide bonds. The Labute approximate surface area is 222 Å². The van der Waals surface area contributed by atoms with Gasteiger partial charge in [-0.25, -0.2) is 4.39 Å². The Kier molecular flexibility index (Phi) is 7.27. The molecule has 1 aromatic carbocycles. The van der Waals surface area contributed by atoms with Crippen molar-refractivity contribution in [2.45, 2.75) is 44.8 Å². The number of allylic oxidation sites excluding steroid dienone is 4. The van der Waals surface area contributed by atoms with E-state index in [1.54, 1.807) is 24.8 Å². The van der Waals surface area contributed by atoms with E-state index in [4.69, 9.17) is 21.6 Å². The molecule has 4 aliphatic heterocycles. The lowest BCUT2D eigenvalue weighted by molar-refractivity contribution is 0.416. The van der Waals surface area contributed by atoms with E-state index in [0.717, 1.165) is 46.8 Å². The summed E-state index contributed by atoms with van der Waals surface area (Å²) in [5.74, 6) is 1.83. The summed E-state index contributed by atoms with van der Waals surface area (Å²) in [7, 11) is 0. The summed E-state index contributed by atoms with van der Waals surface area (Å²) in [5.41, 5.74) is 6.24. The molecule has 5 rings (SSSR count). The standard InChI is InChI=1S/C29H32ClFN4S/c1-5-18(3)21-14-25-26(24-9-7-20(15-33-24)13-19(4)31)27(22-8-6-17(2)12-23(22)30)34-28(35(25)16-21)29-32-10-11-36-29/h5-13,18-19,21,27,29,32H,1,14-16H2,2-4H3/t18-,19?,21+,27+,29?/m1/s1.